The van der Waals surface area contributed by atoms with E-state index in [0.29, 0.717) is 45.4 Å². The fourth-order valence-electron chi connectivity index (χ4n) is 11.7. The predicted octanol–water partition coefficient (Wildman–Crippen LogP) is -1.86. The second-order valence-corrected chi connectivity index (χ2v) is 25.7. The summed E-state index contributed by atoms with van der Waals surface area (Å²) < 4.78 is 0. The van der Waals surface area contributed by atoms with Gasteiger partial charge in [0.1, 0.15) is 65.9 Å². The van der Waals surface area contributed by atoms with Crippen molar-refractivity contribution in [3.8, 4) is 5.75 Å². The van der Waals surface area contributed by atoms with Crippen molar-refractivity contribution in [3.63, 3.8) is 0 Å². The number of nitrogens with two attached hydrogens (primary N) is 4. The first-order chi connectivity index (χ1) is 52.3. The van der Waals surface area contributed by atoms with Crippen molar-refractivity contribution in [2.45, 2.75) is 144 Å². The Balaban J connectivity index is 0.0000189. The minimum atomic E-state index is -1.69. The number of amides is 9. The normalized spacial score (nSPS) is 13.4. The Morgan fingerprint density at radius 3 is 1.46 bits per heavy atom. The van der Waals surface area contributed by atoms with Crippen molar-refractivity contribution in [3.05, 3.63) is 162 Å². The number of aliphatic carboxylic acids is 2. The van der Waals surface area contributed by atoms with E-state index in [9.17, 15) is 53.7 Å². The third-order valence-electron chi connectivity index (χ3n) is 17.6. The zero-order valence-corrected chi connectivity index (χ0v) is 62.9. The Morgan fingerprint density at radius 2 is 0.973 bits per heavy atom. The van der Waals surface area contributed by atoms with Gasteiger partial charge in [-0.15, -0.1) is 0 Å². The second kappa shape index (κ2) is 44.1. The van der Waals surface area contributed by atoms with Crippen LogP contribution in [0.4, 0.5) is 5.82 Å². The molecule has 110 heavy (non-hydrogen) atoms. The Morgan fingerprint density at radius 1 is 0.509 bits per heavy atom. The molecule has 0 spiro atoms. The predicted molar refractivity (Wildman–Crippen MR) is 398 cm³/mol. The van der Waals surface area contributed by atoms with Crippen LogP contribution in [0.15, 0.2) is 128 Å². The van der Waals surface area contributed by atoms with E-state index in [-0.39, 0.29) is 134 Å². The van der Waals surface area contributed by atoms with Gasteiger partial charge in [-0.2, -0.15) is 0 Å². The number of hydrogen-bond donors (Lipinski definition) is 23. The second-order valence-electron chi connectivity index (χ2n) is 25.7. The number of rotatable bonds is 45. The molecule has 7 rings (SSSR count). The maximum absolute atomic E-state index is 15.3. The first-order valence-corrected chi connectivity index (χ1v) is 35.0. The van der Waals surface area contributed by atoms with Crippen LogP contribution in [0.3, 0.4) is 0 Å². The number of nitrogens with one attached hydrogen (secondary N) is 16. The number of hydrazine groups is 1. The number of guanidine groups is 2. The number of unbranched alkanes of at least 4 members (excludes halogenated alkanes) is 1. The number of nitrogens with zero attached hydrogens (tertiary/aromatic N) is 4. The third-order valence-corrected chi connectivity index (χ3v) is 17.6. The van der Waals surface area contributed by atoms with Crippen molar-refractivity contribution >= 4 is 93.7 Å². The summed E-state index contributed by atoms with van der Waals surface area (Å²) in [7, 11) is 1.33. The number of pyridine rings is 1. The monoisotopic (exact) mass is 1690 g/mol. The molecule has 9 atom stereocenters. The zero-order valence-electron chi connectivity index (χ0n) is 60.1. The van der Waals surface area contributed by atoms with E-state index in [1.807, 2.05) is 0 Å². The minimum absolute atomic E-state index is 0. The number of phenolic OH excluding ortho intramolecular Hbond substituents is 1. The molecule has 38 nitrogen and oxygen atoms in total. The number of H-pyrrole nitrogens is 3. The van der Waals surface area contributed by atoms with Gasteiger partial charge in [0.2, 0.25) is 47.3 Å². The number of imidazole rings is 2. The van der Waals surface area contributed by atoms with Gasteiger partial charge in [0.15, 0.2) is 11.9 Å². The van der Waals surface area contributed by atoms with Crippen LogP contribution in [0, 0.1) is 10.8 Å². The van der Waals surface area contributed by atoms with Gasteiger partial charge in [-0.05, 0) is 105 Å². The molecule has 0 aliphatic rings. The van der Waals surface area contributed by atoms with Crippen molar-refractivity contribution in [1.29, 1.82) is 10.8 Å². The number of carbonyl (C=O) groups is 11. The average molecular weight is 1700 g/mol. The van der Waals surface area contributed by atoms with E-state index in [4.69, 9.17) is 33.9 Å². The number of nitrogen functional groups attached to an aromatic ring is 1. The number of fused-ring (bicyclic) bond motifs is 1. The number of aromatic hydroxyl groups is 1. The number of aromatic nitrogens is 6. The van der Waals surface area contributed by atoms with Crippen molar-refractivity contribution < 1.29 is 88.5 Å². The first-order valence-electron chi connectivity index (χ1n) is 35.0. The number of aromatic amines is 3. The molecule has 39 heteroatoms. The quantitative estimate of drug-likeness (QED) is 0.00654. The van der Waals surface area contributed by atoms with Gasteiger partial charge in [0, 0.05) is 126 Å². The van der Waals surface area contributed by atoms with Crippen LogP contribution in [0.5, 0.6) is 5.75 Å². The van der Waals surface area contributed by atoms with Gasteiger partial charge in [-0.3, -0.25) is 58.8 Å². The largest absolute Gasteiger partial charge is 0.508 e. The molecule has 27 N–H and O–H groups in total. The summed E-state index contributed by atoms with van der Waals surface area (Å²) in [6, 6.07) is 10.4. The topological polar surface area (TPSA) is 622 Å². The standard InChI is InChI=1S/C71H94N24O14.Re/c1-95(68(107)42-20-24-58(94-77)83-34-42)57(30-41-18-21-46(96)22-19-41)67(106)89-52(23-25-59(97)98)63(102)87-50(16-9-27-80-70(73)74)60(99)86-49(15-7-8-26-72)61(100)90-53(29-40-11-3-2-4-12-40)64(103)91-54(31-43-35-82-48-14-6-5-13-47(43)48)65(104)92-55(32-44-36-78-38-84-44)66(105)88-51(17-10-28-81-71(75)76)62(101)93-56(69(108)109)33-45-37-79-39-85-45;/h2-6,11-14,18-22,24,34-39,49-57,82,96H,7-10,15-17,23,25-33,72,77H2,1H3,(H,78,84)(H,79,85)(H,83,94)(H,86,99)(H,87,102)(H,88,105)(H,89,106)(H,90,100)(H,91,103)(H,92,104)(H,93,101)(H,97,98)(H,108,109)(H4,73,74,80)(H4,75,76,81);/t49-,50-,51-,52-,53-,54-,55-,56-,57-;/m1./s1/i;1+2. The molecule has 4 aromatic heterocycles. The summed E-state index contributed by atoms with van der Waals surface area (Å²) in [6.45, 7) is 0.220. The summed E-state index contributed by atoms with van der Waals surface area (Å²) in [4.78, 5) is 180. The van der Waals surface area contributed by atoms with Gasteiger partial charge in [-0.1, -0.05) is 60.7 Å². The molecule has 0 unspecified atom stereocenters. The molecule has 4 heterocycles. The van der Waals surface area contributed by atoms with Gasteiger partial charge in [0.05, 0.1) is 18.2 Å². The summed E-state index contributed by atoms with van der Waals surface area (Å²) in [6.07, 6.45) is 6.23. The summed E-state index contributed by atoms with van der Waals surface area (Å²) in [5, 5.41) is 72.8. The van der Waals surface area contributed by atoms with E-state index in [1.54, 1.807) is 60.8 Å². The number of phenols is 1. The molecule has 1 radical (unpaired) electrons. The smallest absolute Gasteiger partial charge is 0.326 e. The summed E-state index contributed by atoms with van der Waals surface area (Å²) in [5.74, 6) is -6.18. The SMILES string of the molecule is CN(C(=O)c1ccc(NN)nc1)[C@H](Cc1ccc(O)cc1)C(=O)N[C@H](CCC(=O)O)C(=O)N[C@H](CCCNC(=N)N)C(=O)N[C@H](CCCCN)C(=O)N[C@H](Cc1ccccc1)C(=O)N[C@H](Cc1c[nH]c2ccccc12)C(=O)N[C@H](Cc1cnc[nH]1)C(=O)N[C@H](CCCNC(=N)N)C(=O)N[C@H](Cc1cnc[nH]1)C(=O)O.[188Re]. The van der Waals surface area contributed by atoms with Crippen LogP contribution in [-0.4, -0.2) is 208 Å². The number of benzene rings is 3. The van der Waals surface area contributed by atoms with E-state index in [0.717, 1.165) is 4.90 Å². The fraction of sp³-hybridized carbons (Fsp3) is 0.380. The molecular formula is C71H94N24O14Re. The Kier molecular flexibility index (Phi) is 34.7. The van der Waals surface area contributed by atoms with Crippen LogP contribution in [-0.2, 0) is 100 Å². The molecular weight excluding hydrogens is 1600 g/mol. The average Bonchev–Trinajstić information content (AvgIpc) is 1.60. The van der Waals surface area contributed by atoms with Crippen LogP contribution >= 0.6 is 0 Å². The number of para-hydroxylation sites is 1. The summed E-state index contributed by atoms with van der Waals surface area (Å²) in [5.41, 5.74) is 22.3. The molecule has 589 valence electrons. The number of carboxylic acids is 2. The Labute approximate surface area is 645 Å². The van der Waals surface area contributed by atoms with Crippen LogP contribution in [0.2, 0.25) is 0 Å². The maximum Gasteiger partial charge on any atom is 0.326 e. The van der Waals surface area contributed by atoms with E-state index in [2.05, 4.69) is 88.5 Å². The molecule has 9 amide bonds. The molecule has 3 aromatic carbocycles. The van der Waals surface area contributed by atoms with Crippen LogP contribution < -0.4 is 81.6 Å². The summed E-state index contributed by atoms with van der Waals surface area (Å²) >= 11 is 0. The number of likely N-dealkylation sites (N-methyl/N-ethyl adjacent to an activating group) is 1. The number of carboxylic acid groups (broad SMARTS) is 2. The van der Waals surface area contributed by atoms with Gasteiger partial charge >= 0.3 is 11.9 Å². The fourth-order valence-corrected chi connectivity index (χ4v) is 11.7. The Bertz CT molecular complexity index is 4210. The number of anilines is 1. The van der Waals surface area contributed by atoms with Gasteiger partial charge < -0.3 is 111 Å². The minimum Gasteiger partial charge on any atom is -0.508 e. The number of hydrogen-bond acceptors (Lipinski definition) is 20. The van der Waals surface area contributed by atoms with Crippen molar-refractivity contribution in [2.75, 3.05) is 32.1 Å². The van der Waals surface area contributed by atoms with Crippen LogP contribution in [0.1, 0.15) is 96.2 Å². The van der Waals surface area contributed by atoms with Gasteiger partial charge in [0.25, 0.3) is 5.91 Å². The molecule has 7 aromatic rings. The van der Waals surface area contributed by atoms with E-state index in [1.165, 1.54) is 74.7 Å². The molecule has 0 saturated carbocycles. The van der Waals surface area contributed by atoms with E-state index >= 15 is 14.4 Å². The molecule has 0 bridgehead atoms. The van der Waals surface area contributed by atoms with Crippen molar-refractivity contribution in [1.82, 2.24) is 88.0 Å². The van der Waals surface area contributed by atoms with Crippen LogP contribution in [0.25, 0.3) is 10.9 Å². The molecule has 0 fully saturated rings. The van der Waals surface area contributed by atoms with Crippen molar-refractivity contribution in [2.24, 2.45) is 23.0 Å². The Hall–Kier alpha value is -12.3. The van der Waals surface area contributed by atoms with E-state index < -0.39 is 138 Å². The molecule has 0 aliphatic carbocycles. The zero-order chi connectivity index (χ0) is 78.9. The molecule has 0 saturated heterocycles. The first kappa shape index (κ1) is 86.6. The third kappa shape index (κ3) is 27.8. The molecule has 0 aliphatic heterocycles. The van der Waals surface area contributed by atoms with Gasteiger partial charge in [-0.25, -0.2) is 25.6 Å². The number of carbonyl (C=O) groups excluding carboxylic acids is 9. The maximum atomic E-state index is 15.3.